The molecule has 0 heterocycles. The van der Waals surface area contributed by atoms with E-state index >= 15 is 0 Å². The van der Waals surface area contributed by atoms with E-state index in [1.165, 1.54) is 0 Å². The van der Waals surface area contributed by atoms with Crippen molar-refractivity contribution in [2.24, 2.45) is 5.92 Å². The molecule has 0 aromatic carbocycles. The second kappa shape index (κ2) is 7.80. The highest BCUT2D eigenvalue weighted by atomic mass is 16.1. The van der Waals surface area contributed by atoms with Gasteiger partial charge in [0, 0.05) is 19.5 Å². The number of carbonyl (C=O) groups excluding carboxylic acids is 1. The molecule has 3 heteroatoms. The van der Waals surface area contributed by atoms with Gasteiger partial charge in [-0.2, -0.15) is 0 Å². The molecule has 0 radical (unpaired) electrons. The number of nitrogens with zero attached hydrogens (tertiary/aromatic N) is 1. The quantitative estimate of drug-likeness (QED) is 0.675. The smallest absolute Gasteiger partial charge is 0.221 e. The summed E-state index contributed by atoms with van der Waals surface area (Å²) in [4.78, 5) is 13.4. The van der Waals surface area contributed by atoms with Gasteiger partial charge < -0.3 is 10.2 Å². The molecule has 0 bridgehead atoms. The van der Waals surface area contributed by atoms with Crippen molar-refractivity contribution in [1.82, 2.24) is 10.2 Å². The minimum Gasteiger partial charge on any atom is -0.356 e. The molecular weight excluding hydrogens is 176 g/mol. The van der Waals surface area contributed by atoms with E-state index < -0.39 is 0 Å². The van der Waals surface area contributed by atoms with E-state index in [4.69, 9.17) is 0 Å². The fourth-order valence-corrected chi connectivity index (χ4v) is 1.25. The van der Waals surface area contributed by atoms with E-state index in [9.17, 15) is 4.79 Å². The summed E-state index contributed by atoms with van der Waals surface area (Å²) in [5.41, 5.74) is 0. The highest BCUT2D eigenvalue weighted by molar-refractivity contribution is 5.76. The van der Waals surface area contributed by atoms with E-state index in [0.29, 0.717) is 12.3 Å². The summed E-state index contributed by atoms with van der Waals surface area (Å²) in [5, 5.41) is 2.97. The van der Waals surface area contributed by atoms with Gasteiger partial charge in [-0.25, -0.2) is 0 Å². The van der Waals surface area contributed by atoms with Crippen LogP contribution in [0.1, 0.15) is 33.1 Å². The van der Waals surface area contributed by atoms with Crippen LogP contribution < -0.4 is 5.32 Å². The molecule has 0 spiro atoms. The average Bonchev–Trinajstić information content (AvgIpc) is 2.16. The van der Waals surface area contributed by atoms with Gasteiger partial charge in [-0.3, -0.25) is 4.79 Å². The van der Waals surface area contributed by atoms with E-state index in [1.54, 1.807) is 0 Å². The van der Waals surface area contributed by atoms with Gasteiger partial charge in [0.25, 0.3) is 0 Å². The molecule has 3 nitrogen and oxygen atoms in total. The third-order valence-corrected chi connectivity index (χ3v) is 2.53. The zero-order valence-corrected chi connectivity index (χ0v) is 9.97. The molecule has 0 fully saturated rings. The maximum absolute atomic E-state index is 11.3. The van der Waals surface area contributed by atoms with Crippen molar-refractivity contribution in [1.29, 1.82) is 0 Å². The van der Waals surface area contributed by atoms with E-state index in [2.05, 4.69) is 19.2 Å². The molecule has 0 aliphatic heterocycles. The van der Waals surface area contributed by atoms with Crippen LogP contribution in [-0.2, 0) is 4.79 Å². The van der Waals surface area contributed by atoms with Crippen LogP contribution in [0, 0.1) is 5.92 Å². The predicted molar refractivity (Wildman–Crippen MR) is 60.3 cm³/mol. The maximum Gasteiger partial charge on any atom is 0.221 e. The first kappa shape index (κ1) is 13.4. The van der Waals surface area contributed by atoms with Crippen molar-refractivity contribution < 1.29 is 4.79 Å². The predicted octanol–water partition coefficient (Wildman–Crippen LogP) is 1.49. The van der Waals surface area contributed by atoms with E-state index in [-0.39, 0.29) is 5.91 Å². The topological polar surface area (TPSA) is 32.3 Å². The van der Waals surface area contributed by atoms with Crippen molar-refractivity contribution in [3.63, 3.8) is 0 Å². The summed E-state index contributed by atoms with van der Waals surface area (Å²) in [6.07, 6.45) is 2.89. The highest BCUT2D eigenvalue weighted by Gasteiger charge is 2.06. The highest BCUT2D eigenvalue weighted by Crippen LogP contribution is 2.04. The molecule has 0 aliphatic carbocycles. The number of hydrogen-bond acceptors (Lipinski definition) is 2. The Balaban J connectivity index is 3.52. The monoisotopic (exact) mass is 200 g/mol. The van der Waals surface area contributed by atoms with Crippen LogP contribution in [0.2, 0.25) is 0 Å². The largest absolute Gasteiger partial charge is 0.356 e. The van der Waals surface area contributed by atoms with Crippen LogP contribution >= 0.6 is 0 Å². The van der Waals surface area contributed by atoms with Gasteiger partial charge in [-0.05, 0) is 20.0 Å². The summed E-state index contributed by atoms with van der Waals surface area (Å²) >= 11 is 0. The molecule has 1 N–H and O–H groups in total. The third-order valence-electron chi connectivity index (χ3n) is 2.53. The lowest BCUT2D eigenvalue weighted by molar-refractivity contribution is -0.121. The lowest BCUT2D eigenvalue weighted by atomic mass is 10.0. The molecule has 0 saturated heterocycles. The second-order valence-electron chi connectivity index (χ2n) is 4.04. The fourth-order valence-electron chi connectivity index (χ4n) is 1.25. The average molecular weight is 200 g/mol. The zero-order chi connectivity index (χ0) is 11.0. The number of rotatable bonds is 7. The number of nitrogens with one attached hydrogen (secondary N) is 1. The molecule has 0 aromatic rings. The van der Waals surface area contributed by atoms with Crippen molar-refractivity contribution in [3.8, 4) is 0 Å². The van der Waals surface area contributed by atoms with Crippen molar-refractivity contribution in [2.45, 2.75) is 33.1 Å². The van der Waals surface area contributed by atoms with Crippen molar-refractivity contribution >= 4 is 5.91 Å². The Morgan fingerprint density at radius 2 is 1.86 bits per heavy atom. The Hall–Kier alpha value is -0.570. The summed E-state index contributed by atoms with van der Waals surface area (Å²) in [5.74, 6) is 0.809. The summed E-state index contributed by atoms with van der Waals surface area (Å²) in [6, 6.07) is 0. The van der Waals surface area contributed by atoms with Gasteiger partial charge in [0.15, 0.2) is 0 Å². The third kappa shape index (κ3) is 6.89. The maximum atomic E-state index is 11.3. The van der Waals surface area contributed by atoms with Crippen LogP contribution in [0.4, 0.5) is 0 Å². The van der Waals surface area contributed by atoms with E-state index in [1.807, 2.05) is 19.0 Å². The number of hydrogen-bond donors (Lipinski definition) is 1. The molecule has 14 heavy (non-hydrogen) atoms. The van der Waals surface area contributed by atoms with Gasteiger partial charge in [0.1, 0.15) is 0 Å². The Kier molecular flexibility index (Phi) is 7.48. The minimum absolute atomic E-state index is 0.172. The molecule has 84 valence electrons. The van der Waals surface area contributed by atoms with Gasteiger partial charge in [0.2, 0.25) is 5.91 Å². The van der Waals surface area contributed by atoms with Crippen LogP contribution in [0.15, 0.2) is 0 Å². The molecule has 0 saturated carbocycles. The summed E-state index contributed by atoms with van der Waals surface area (Å²) in [7, 11) is 3.96. The Bertz CT molecular complexity index is 153. The SMILES string of the molecule is CCC(CC)CNC(=O)CCN(C)C. The number of amides is 1. The molecule has 1 amide bonds. The standard InChI is InChI=1S/C11H24N2O/c1-5-10(6-2)9-12-11(14)7-8-13(3)4/h10H,5-9H2,1-4H3,(H,12,14). The lowest BCUT2D eigenvalue weighted by Crippen LogP contribution is -2.31. The first-order valence-corrected chi connectivity index (χ1v) is 5.51. The minimum atomic E-state index is 0.172. The van der Waals surface area contributed by atoms with Crippen molar-refractivity contribution in [3.05, 3.63) is 0 Å². The molecule has 0 rings (SSSR count). The van der Waals surface area contributed by atoms with Gasteiger partial charge >= 0.3 is 0 Å². The molecular formula is C11H24N2O. The second-order valence-corrected chi connectivity index (χ2v) is 4.04. The molecule has 0 aromatic heterocycles. The lowest BCUT2D eigenvalue weighted by Gasteiger charge is -2.14. The van der Waals surface area contributed by atoms with Crippen molar-refractivity contribution in [2.75, 3.05) is 27.2 Å². The summed E-state index contributed by atoms with van der Waals surface area (Å²) < 4.78 is 0. The van der Waals surface area contributed by atoms with Gasteiger partial charge in [-0.15, -0.1) is 0 Å². The number of carbonyl (C=O) groups is 1. The Morgan fingerprint density at radius 3 is 2.29 bits per heavy atom. The zero-order valence-electron chi connectivity index (χ0n) is 9.97. The van der Waals surface area contributed by atoms with Crippen LogP contribution in [-0.4, -0.2) is 38.0 Å². The fraction of sp³-hybridized carbons (Fsp3) is 0.909. The van der Waals surface area contributed by atoms with Gasteiger partial charge in [0.05, 0.1) is 0 Å². The van der Waals surface area contributed by atoms with Crippen LogP contribution in [0.3, 0.4) is 0 Å². The Morgan fingerprint density at radius 1 is 1.29 bits per heavy atom. The Labute approximate surface area is 87.9 Å². The summed E-state index contributed by atoms with van der Waals surface area (Å²) in [6.45, 7) is 5.99. The first-order chi connectivity index (χ1) is 6.60. The molecule has 0 aliphatic rings. The van der Waals surface area contributed by atoms with Crippen LogP contribution in [0.5, 0.6) is 0 Å². The first-order valence-electron chi connectivity index (χ1n) is 5.51. The normalized spacial score (nSPS) is 11.0. The molecule has 0 atom stereocenters. The van der Waals surface area contributed by atoms with Crippen LogP contribution in [0.25, 0.3) is 0 Å². The van der Waals surface area contributed by atoms with Gasteiger partial charge in [-0.1, -0.05) is 26.7 Å². The molecule has 0 unspecified atom stereocenters. The van der Waals surface area contributed by atoms with E-state index in [0.717, 1.165) is 25.9 Å².